The Morgan fingerprint density at radius 3 is 2.55 bits per heavy atom. The van der Waals surface area contributed by atoms with Crippen LogP contribution in [0.2, 0.25) is 0 Å². The summed E-state index contributed by atoms with van der Waals surface area (Å²) in [7, 11) is 1.54. The molecule has 2 aromatic rings. The molecule has 0 aliphatic heterocycles. The highest BCUT2D eigenvalue weighted by Gasteiger charge is 2.12. The highest BCUT2D eigenvalue weighted by atomic mass is 16.5. The normalized spacial score (nSPS) is 10.1. The van der Waals surface area contributed by atoms with Gasteiger partial charge in [0.2, 0.25) is 0 Å². The molecule has 22 heavy (non-hydrogen) atoms. The molecule has 1 aromatic heterocycles. The van der Waals surface area contributed by atoms with Crippen molar-refractivity contribution in [3.05, 3.63) is 47.3 Å². The van der Waals surface area contributed by atoms with Crippen molar-refractivity contribution in [3.63, 3.8) is 0 Å². The van der Waals surface area contributed by atoms with Crippen molar-refractivity contribution in [3.8, 4) is 11.5 Å². The zero-order valence-electron chi connectivity index (χ0n) is 12.8. The number of aryl methyl sites for hydroxylation is 1. The molecule has 116 valence electrons. The van der Waals surface area contributed by atoms with Crippen LogP contribution < -0.4 is 14.9 Å². The van der Waals surface area contributed by atoms with Crippen LogP contribution >= 0.6 is 0 Å². The van der Waals surface area contributed by atoms with Crippen LogP contribution in [0.1, 0.15) is 21.7 Å². The zero-order valence-corrected chi connectivity index (χ0v) is 12.8. The summed E-state index contributed by atoms with van der Waals surface area (Å²) in [4.78, 5) is 22.9. The number of aromatic nitrogens is 1. The largest absolute Gasteiger partial charge is 0.493 e. The maximum atomic E-state index is 12.0. The van der Waals surface area contributed by atoms with Crippen LogP contribution in [0.25, 0.3) is 0 Å². The Bertz CT molecular complexity index is 691. The number of hydrogen-bond acceptors (Lipinski definition) is 4. The van der Waals surface area contributed by atoms with Crippen LogP contribution in [0, 0.1) is 13.8 Å². The molecule has 0 saturated carbocycles. The second-order valence-corrected chi connectivity index (χ2v) is 4.75. The van der Waals surface area contributed by atoms with Gasteiger partial charge in [0.05, 0.1) is 7.11 Å². The number of hydrogen-bond donors (Lipinski definition) is 1. The third kappa shape index (κ3) is 3.28. The molecule has 0 radical (unpaired) electrons. The molecule has 0 atom stereocenters. The summed E-state index contributed by atoms with van der Waals surface area (Å²) >= 11 is 0. The predicted molar refractivity (Wildman–Crippen MR) is 82.2 cm³/mol. The fourth-order valence-corrected chi connectivity index (χ4v) is 2.12. The first-order valence-electron chi connectivity index (χ1n) is 6.76. The molecule has 1 N–H and O–H groups in total. The van der Waals surface area contributed by atoms with Crippen LogP contribution in [0.5, 0.6) is 11.5 Å². The van der Waals surface area contributed by atoms with Gasteiger partial charge in [-0.1, -0.05) is 12.1 Å². The maximum absolute atomic E-state index is 12.0. The molecule has 6 nitrogen and oxygen atoms in total. The molecular weight excluding hydrogens is 284 g/mol. The van der Waals surface area contributed by atoms with Crippen LogP contribution in [0.4, 0.5) is 0 Å². The number of nitrogens with zero attached hydrogens (tertiary/aromatic N) is 1. The molecule has 0 spiro atoms. The minimum Gasteiger partial charge on any atom is -0.493 e. The number of methoxy groups -OCH3 is 1. The number of carbonyl (C=O) groups is 2. The van der Waals surface area contributed by atoms with Crippen LogP contribution in [-0.2, 0) is 4.79 Å². The quantitative estimate of drug-likeness (QED) is 0.829. The second-order valence-electron chi connectivity index (χ2n) is 4.75. The topological polar surface area (TPSA) is 69.6 Å². The fourth-order valence-electron chi connectivity index (χ4n) is 2.12. The summed E-state index contributed by atoms with van der Waals surface area (Å²) in [6.07, 6.45) is 0.760. The van der Waals surface area contributed by atoms with E-state index in [1.807, 2.05) is 6.07 Å². The van der Waals surface area contributed by atoms with E-state index >= 15 is 0 Å². The predicted octanol–water partition coefficient (Wildman–Crippen LogP) is 2.08. The Balaban J connectivity index is 2.02. The smallest absolute Gasteiger partial charge is 0.276 e. The Labute approximate surface area is 128 Å². The van der Waals surface area contributed by atoms with E-state index in [2.05, 4.69) is 5.43 Å². The van der Waals surface area contributed by atoms with Crippen molar-refractivity contribution in [1.82, 2.24) is 4.68 Å². The van der Waals surface area contributed by atoms with E-state index in [1.54, 1.807) is 42.8 Å². The molecule has 0 unspecified atom stereocenters. The third-order valence-electron chi connectivity index (χ3n) is 3.26. The van der Waals surface area contributed by atoms with Gasteiger partial charge in [0.25, 0.3) is 5.91 Å². The maximum Gasteiger partial charge on any atom is 0.276 e. The van der Waals surface area contributed by atoms with Crippen LogP contribution in [0.15, 0.2) is 30.3 Å². The Morgan fingerprint density at radius 2 is 1.95 bits per heavy atom. The molecule has 0 saturated heterocycles. The van der Waals surface area contributed by atoms with Gasteiger partial charge < -0.3 is 9.47 Å². The Hall–Kier alpha value is -2.76. The van der Waals surface area contributed by atoms with Crippen LogP contribution in [0.3, 0.4) is 0 Å². The van der Waals surface area contributed by atoms with E-state index < -0.39 is 0 Å². The molecule has 2 rings (SSSR count). The van der Waals surface area contributed by atoms with Gasteiger partial charge >= 0.3 is 0 Å². The van der Waals surface area contributed by atoms with Crippen molar-refractivity contribution in [2.75, 3.05) is 19.1 Å². The Kier molecular flexibility index (Phi) is 4.83. The highest BCUT2D eigenvalue weighted by Crippen LogP contribution is 2.25. The number of carbonyl (C=O) groups excluding carboxylic acids is 2. The molecule has 6 heteroatoms. The van der Waals surface area contributed by atoms with Gasteiger partial charge in [0, 0.05) is 17.0 Å². The molecule has 1 heterocycles. The lowest BCUT2D eigenvalue weighted by Crippen LogP contribution is -2.29. The average molecular weight is 302 g/mol. The van der Waals surface area contributed by atoms with Crippen molar-refractivity contribution in [2.45, 2.75) is 13.8 Å². The van der Waals surface area contributed by atoms with Crippen molar-refractivity contribution < 1.29 is 19.1 Å². The first-order chi connectivity index (χ1) is 10.6. The number of nitrogens with one attached hydrogen (secondary N) is 1. The second kappa shape index (κ2) is 6.80. The van der Waals surface area contributed by atoms with Crippen molar-refractivity contribution in [2.24, 2.45) is 0 Å². The van der Waals surface area contributed by atoms with E-state index in [0.29, 0.717) is 22.8 Å². The summed E-state index contributed by atoms with van der Waals surface area (Å²) in [5.41, 5.74) is 4.69. The average Bonchev–Trinajstić information content (AvgIpc) is 2.80. The first-order valence-corrected chi connectivity index (χ1v) is 6.76. The number of amides is 1. The molecule has 1 aromatic carbocycles. The molecular formula is C16H18N2O4. The monoisotopic (exact) mass is 302 g/mol. The summed E-state index contributed by atoms with van der Waals surface area (Å²) < 4.78 is 12.2. The van der Waals surface area contributed by atoms with E-state index in [4.69, 9.17) is 9.47 Å². The zero-order chi connectivity index (χ0) is 16.1. The van der Waals surface area contributed by atoms with Gasteiger partial charge in [-0.3, -0.25) is 19.7 Å². The molecule has 1 amide bonds. The van der Waals surface area contributed by atoms with Gasteiger partial charge in [-0.2, -0.15) is 0 Å². The standard InChI is InChI=1S/C16H18N2O4/c1-11-8-13(9-19)12(2)18(11)17-16(20)10-22-15-7-5-4-6-14(15)21-3/h4-9H,10H2,1-3H3,(H,17,20). The molecule has 0 aliphatic rings. The van der Waals surface area contributed by atoms with Crippen molar-refractivity contribution in [1.29, 1.82) is 0 Å². The minimum atomic E-state index is -0.329. The SMILES string of the molecule is COc1ccccc1OCC(=O)Nn1c(C)cc(C=O)c1C. The van der Waals surface area contributed by atoms with E-state index in [1.165, 1.54) is 7.11 Å². The van der Waals surface area contributed by atoms with Gasteiger partial charge in [-0.15, -0.1) is 0 Å². The summed E-state index contributed by atoms with van der Waals surface area (Å²) in [5.74, 6) is 0.728. The third-order valence-corrected chi connectivity index (χ3v) is 3.26. The molecule has 0 fully saturated rings. The molecule has 0 aliphatic carbocycles. The van der Waals surface area contributed by atoms with Crippen molar-refractivity contribution >= 4 is 12.2 Å². The van der Waals surface area contributed by atoms with E-state index in [-0.39, 0.29) is 12.5 Å². The lowest BCUT2D eigenvalue weighted by molar-refractivity contribution is -0.119. The number of para-hydroxylation sites is 2. The first kappa shape index (κ1) is 15.6. The number of benzene rings is 1. The Morgan fingerprint density at radius 1 is 1.27 bits per heavy atom. The number of aldehydes is 1. The van der Waals surface area contributed by atoms with Crippen LogP contribution in [-0.4, -0.2) is 30.6 Å². The van der Waals surface area contributed by atoms with Gasteiger partial charge in [0.15, 0.2) is 24.4 Å². The minimum absolute atomic E-state index is 0.159. The lowest BCUT2D eigenvalue weighted by atomic mass is 10.3. The molecule has 0 bridgehead atoms. The van der Waals surface area contributed by atoms with Gasteiger partial charge in [-0.05, 0) is 32.0 Å². The van der Waals surface area contributed by atoms with E-state index in [9.17, 15) is 9.59 Å². The summed E-state index contributed by atoms with van der Waals surface area (Å²) in [6, 6.07) is 8.81. The lowest BCUT2D eigenvalue weighted by Gasteiger charge is -2.13. The summed E-state index contributed by atoms with van der Waals surface area (Å²) in [5, 5.41) is 0. The van der Waals surface area contributed by atoms with E-state index in [0.717, 1.165) is 12.0 Å². The number of ether oxygens (including phenoxy) is 2. The highest BCUT2D eigenvalue weighted by molar-refractivity contribution is 5.86. The fraction of sp³-hybridized carbons (Fsp3) is 0.250. The van der Waals surface area contributed by atoms with Gasteiger partial charge in [0.1, 0.15) is 0 Å². The van der Waals surface area contributed by atoms with Gasteiger partial charge in [-0.25, -0.2) is 0 Å². The number of rotatable bonds is 6. The summed E-state index contributed by atoms with van der Waals surface area (Å²) in [6.45, 7) is 3.41.